The fourth-order valence-corrected chi connectivity index (χ4v) is 1.69. The Hall–Kier alpha value is -2.65. The van der Waals surface area contributed by atoms with E-state index in [-0.39, 0.29) is 18.6 Å². The van der Waals surface area contributed by atoms with E-state index in [2.05, 4.69) is 32.3 Å². The van der Waals surface area contributed by atoms with Crippen LogP contribution in [0.25, 0.3) is 0 Å². The van der Waals surface area contributed by atoms with Gasteiger partial charge in [0.2, 0.25) is 0 Å². The lowest BCUT2D eigenvalue weighted by Crippen LogP contribution is -2.28. The predicted molar refractivity (Wildman–Crippen MR) is 72.7 cm³/mol. The number of rotatable bonds is 3. The van der Waals surface area contributed by atoms with Crippen molar-refractivity contribution >= 4 is 5.91 Å². The molecule has 0 fully saturated rings. The quantitative estimate of drug-likeness (QED) is 0.714. The molecule has 3 N–H and O–H groups in total. The number of hydrogen-bond acceptors (Lipinski definition) is 4. The van der Waals surface area contributed by atoms with Crippen LogP contribution in [-0.2, 0) is 0 Å². The van der Waals surface area contributed by atoms with E-state index < -0.39 is 0 Å². The molecule has 2 aromatic rings. The highest BCUT2D eigenvalue weighted by Crippen LogP contribution is 2.10. The van der Waals surface area contributed by atoms with E-state index in [1.165, 1.54) is 6.33 Å². The Labute approximate surface area is 116 Å². The minimum absolute atomic E-state index is 0.246. The third-order valence-electron chi connectivity index (χ3n) is 2.67. The summed E-state index contributed by atoms with van der Waals surface area (Å²) in [6.07, 6.45) is 1.39. The molecular formula is C14H14N4O2. The van der Waals surface area contributed by atoms with Crippen molar-refractivity contribution in [1.29, 1.82) is 0 Å². The van der Waals surface area contributed by atoms with Gasteiger partial charge < -0.3 is 10.4 Å². The van der Waals surface area contributed by atoms with Crippen molar-refractivity contribution < 1.29 is 9.90 Å². The maximum Gasteiger partial charge on any atom is 0.253 e. The fraction of sp³-hybridized carbons (Fsp3) is 0.214. The molecule has 20 heavy (non-hydrogen) atoms. The average molecular weight is 270 g/mol. The zero-order valence-electron chi connectivity index (χ0n) is 10.9. The number of carbonyl (C=O) groups excluding carboxylic acids is 1. The third kappa shape index (κ3) is 3.22. The van der Waals surface area contributed by atoms with Crippen LogP contribution in [-0.4, -0.2) is 32.8 Å². The molecule has 6 heteroatoms. The SMILES string of the molecule is CC(NC(=O)c1ccccc1C#CCO)c1ncn[nH]1. The number of aliphatic hydroxyl groups is 1. The number of carbonyl (C=O) groups is 1. The summed E-state index contributed by atoms with van der Waals surface area (Å²) in [6, 6.07) is 6.68. The monoisotopic (exact) mass is 270 g/mol. The maximum atomic E-state index is 12.2. The zero-order valence-corrected chi connectivity index (χ0v) is 10.9. The first-order chi connectivity index (χ1) is 9.72. The molecule has 0 saturated carbocycles. The number of aromatic nitrogens is 3. The summed E-state index contributed by atoms with van der Waals surface area (Å²) >= 11 is 0. The minimum atomic E-state index is -0.288. The van der Waals surface area contributed by atoms with Crippen molar-refractivity contribution in [1.82, 2.24) is 20.5 Å². The van der Waals surface area contributed by atoms with E-state index in [0.29, 0.717) is 17.0 Å². The van der Waals surface area contributed by atoms with Gasteiger partial charge in [0.05, 0.1) is 11.6 Å². The topological polar surface area (TPSA) is 90.9 Å². The number of H-pyrrole nitrogens is 1. The summed E-state index contributed by atoms with van der Waals surface area (Å²) in [5, 5.41) is 18.0. The van der Waals surface area contributed by atoms with Crippen LogP contribution in [0.5, 0.6) is 0 Å². The molecule has 0 spiro atoms. The Kier molecular flexibility index (Phi) is 4.47. The van der Waals surface area contributed by atoms with E-state index in [4.69, 9.17) is 5.11 Å². The Morgan fingerprint density at radius 1 is 1.50 bits per heavy atom. The van der Waals surface area contributed by atoms with Crippen molar-refractivity contribution in [3.8, 4) is 11.8 Å². The van der Waals surface area contributed by atoms with Crippen LogP contribution in [0.4, 0.5) is 0 Å². The summed E-state index contributed by atoms with van der Waals surface area (Å²) in [7, 11) is 0. The van der Waals surface area contributed by atoms with Gasteiger partial charge in [0.1, 0.15) is 18.8 Å². The molecule has 1 amide bonds. The van der Waals surface area contributed by atoms with E-state index in [9.17, 15) is 4.79 Å². The van der Waals surface area contributed by atoms with Crippen LogP contribution in [0.2, 0.25) is 0 Å². The van der Waals surface area contributed by atoms with Crippen molar-refractivity contribution in [2.75, 3.05) is 6.61 Å². The number of benzene rings is 1. The van der Waals surface area contributed by atoms with Gasteiger partial charge in [-0.15, -0.1) is 0 Å². The summed E-state index contributed by atoms with van der Waals surface area (Å²) in [4.78, 5) is 16.2. The highest BCUT2D eigenvalue weighted by molar-refractivity contribution is 5.96. The van der Waals surface area contributed by atoms with Gasteiger partial charge in [-0.1, -0.05) is 24.0 Å². The first-order valence-corrected chi connectivity index (χ1v) is 6.07. The fourth-order valence-electron chi connectivity index (χ4n) is 1.69. The maximum absolute atomic E-state index is 12.2. The van der Waals surface area contributed by atoms with Gasteiger partial charge >= 0.3 is 0 Å². The second-order valence-corrected chi connectivity index (χ2v) is 4.07. The number of aliphatic hydroxyl groups excluding tert-OH is 1. The Bertz CT molecular complexity index is 641. The number of amides is 1. The zero-order chi connectivity index (χ0) is 14.4. The average Bonchev–Trinajstić information content (AvgIpc) is 2.99. The first-order valence-electron chi connectivity index (χ1n) is 6.07. The molecule has 1 atom stereocenters. The molecule has 0 aliphatic heterocycles. The van der Waals surface area contributed by atoms with Crippen molar-refractivity contribution in [3.63, 3.8) is 0 Å². The van der Waals surface area contributed by atoms with Crippen molar-refractivity contribution in [3.05, 3.63) is 47.5 Å². The smallest absolute Gasteiger partial charge is 0.253 e. The molecule has 1 unspecified atom stereocenters. The van der Waals surface area contributed by atoms with Gasteiger partial charge in [0, 0.05) is 5.56 Å². The van der Waals surface area contributed by atoms with Gasteiger partial charge in [0.15, 0.2) is 0 Å². The summed E-state index contributed by atoms with van der Waals surface area (Å²) in [5.74, 6) is 5.62. The molecule has 0 radical (unpaired) electrons. The predicted octanol–water partition coefficient (Wildman–Crippen LogP) is 0.639. The highest BCUT2D eigenvalue weighted by Gasteiger charge is 2.15. The van der Waals surface area contributed by atoms with Crippen LogP contribution in [0.1, 0.15) is 34.7 Å². The van der Waals surface area contributed by atoms with Crippen molar-refractivity contribution in [2.24, 2.45) is 0 Å². The molecule has 1 aromatic heterocycles. The normalized spacial score (nSPS) is 11.3. The second kappa shape index (κ2) is 6.50. The molecule has 0 aliphatic rings. The van der Waals surface area contributed by atoms with Crippen LogP contribution < -0.4 is 5.32 Å². The summed E-state index contributed by atoms with van der Waals surface area (Å²) in [6.45, 7) is 1.56. The number of nitrogens with one attached hydrogen (secondary N) is 2. The van der Waals surface area contributed by atoms with Gasteiger partial charge in [-0.25, -0.2) is 4.98 Å². The van der Waals surface area contributed by atoms with Gasteiger partial charge in [0.25, 0.3) is 5.91 Å². The van der Waals surface area contributed by atoms with Crippen molar-refractivity contribution in [2.45, 2.75) is 13.0 Å². The van der Waals surface area contributed by atoms with E-state index in [0.717, 1.165) is 0 Å². The standard InChI is InChI=1S/C14H14N4O2/c1-10(13-15-9-16-18-13)17-14(20)12-7-3-2-5-11(12)6-4-8-19/h2-3,5,7,9-10,19H,8H2,1H3,(H,17,20)(H,15,16,18). The van der Waals surface area contributed by atoms with Gasteiger partial charge in [-0.2, -0.15) is 5.10 Å². The lowest BCUT2D eigenvalue weighted by Gasteiger charge is -2.11. The molecular weight excluding hydrogens is 256 g/mol. The van der Waals surface area contributed by atoms with Gasteiger partial charge in [-0.3, -0.25) is 9.89 Å². The molecule has 2 rings (SSSR count). The molecule has 1 heterocycles. The van der Waals surface area contributed by atoms with E-state index in [1.807, 2.05) is 0 Å². The first kappa shape index (κ1) is 13.8. The molecule has 0 saturated heterocycles. The molecule has 0 bridgehead atoms. The number of hydrogen-bond donors (Lipinski definition) is 3. The highest BCUT2D eigenvalue weighted by atomic mass is 16.2. The summed E-state index contributed by atoms with van der Waals surface area (Å²) in [5.41, 5.74) is 1.03. The molecule has 102 valence electrons. The molecule has 1 aromatic carbocycles. The second-order valence-electron chi connectivity index (χ2n) is 4.07. The Balaban J connectivity index is 2.17. The van der Waals surface area contributed by atoms with E-state index in [1.54, 1.807) is 31.2 Å². The van der Waals surface area contributed by atoms with E-state index >= 15 is 0 Å². The lowest BCUT2D eigenvalue weighted by molar-refractivity contribution is 0.0938. The van der Waals surface area contributed by atoms with Gasteiger partial charge in [-0.05, 0) is 19.1 Å². The third-order valence-corrected chi connectivity index (χ3v) is 2.67. The van der Waals surface area contributed by atoms with Crippen LogP contribution in [0.3, 0.4) is 0 Å². The molecule has 0 aliphatic carbocycles. The number of aromatic amines is 1. The van der Waals surface area contributed by atoms with Crippen LogP contribution >= 0.6 is 0 Å². The Morgan fingerprint density at radius 3 is 3.00 bits per heavy atom. The van der Waals surface area contributed by atoms with Crippen LogP contribution in [0.15, 0.2) is 30.6 Å². The minimum Gasteiger partial charge on any atom is -0.384 e. The van der Waals surface area contributed by atoms with Crippen LogP contribution in [0, 0.1) is 11.8 Å². The Morgan fingerprint density at radius 2 is 2.30 bits per heavy atom. The largest absolute Gasteiger partial charge is 0.384 e. The lowest BCUT2D eigenvalue weighted by atomic mass is 10.1. The summed E-state index contributed by atoms with van der Waals surface area (Å²) < 4.78 is 0. The molecule has 6 nitrogen and oxygen atoms in total. The number of nitrogens with zero attached hydrogens (tertiary/aromatic N) is 2.